The number of carbonyl (C=O) groups is 1. The van der Waals surface area contributed by atoms with Gasteiger partial charge in [0.1, 0.15) is 0 Å². The molecule has 0 aliphatic carbocycles. The van der Waals surface area contributed by atoms with E-state index in [-0.39, 0.29) is 16.2 Å². The molecule has 3 aromatic carbocycles. The summed E-state index contributed by atoms with van der Waals surface area (Å²) < 4.78 is 67.8. The number of alkyl halides is 3. The molecule has 9 heteroatoms. The van der Waals surface area contributed by atoms with Crippen molar-refractivity contribution in [2.45, 2.75) is 18.0 Å². The highest BCUT2D eigenvalue weighted by atomic mass is 32.2. The summed E-state index contributed by atoms with van der Waals surface area (Å²) in [5, 5.41) is 0.757. The molecule has 0 saturated heterocycles. The molecule has 1 amide bonds. The number of sulfonamides is 1. The quantitative estimate of drug-likeness (QED) is 0.669. The summed E-state index contributed by atoms with van der Waals surface area (Å²) in [6, 6.07) is 11.9. The van der Waals surface area contributed by atoms with Crippen molar-refractivity contribution in [2.75, 3.05) is 16.2 Å². The van der Waals surface area contributed by atoms with Gasteiger partial charge in [-0.15, -0.1) is 0 Å². The molecule has 0 atom stereocenters. The fourth-order valence-electron chi connectivity index (χ4n) is 3.59. The van der Waals surface area contributed by atoms with Crippen LogP contribution in [0.3, 0.4) is 0 Å². The zero-order chi connectivity index (χ0) is 21.0. The van der Waals surface area contributed by atoms with E-state index in [4.69, 9.17) is 0 Å². The summed E-state index contributed by atoms with van der Waals surface area (Å²) in [6.45, 7) is 2.21. The monoisotopic (exact) mass is 420 g/mol. The highest BCUT2D eigenvalue weighted by molar-refractivity contribution is 7.93. The second kappa shape index (κ2) is 6.48. The van der Waals surface area contributed by atoms with Gasteiger partial charge in [0.25, 0.3) is 15.9 Å². The molecule has 1 heterocycles. The first-order valence-electron chi connectivity index (χ1n) is 8.72. The first-order valence-corrected chi connectivity index (χ1v) is 10.2. The van der Waals surface area contributed by atoms with Crippen LogP contribution in [0.5, 0.6) is 0 Å². The van der Waals surface area contributed by atoms with Crippen molar-refractivity contribution in [3.05, 3.63) is 65.7 Å². The maximum atomic E-state index is 13.2. The molecule has 0 radical (unpaired) electrons. The van der Waals surface area contributed by atoms with Crippen LogP contribution in [0, 0.1) is 0 Å². The van der Waals surface area contributed by atoms with Crippen molar-refractivity contribution >= 4 is 38.1 Å². The van der Waals surface area contributed by atoms with E-state index in [1.54, 1.807) is 25.1 Å². The van der Waals surface area contributed by atoms with Gasteiger partial charge < -0.3 is 4.90 Å². The average Bonchev–Trinajstić information content (AvgIpc) is 2.94. The summed E-state index contributed by atoms with van der Waals surface area (Å²) in [5.74, 6) is -0.238. The van der Waals surface area contributed by atoms with Crippen LogP contribution in [0.15, 0.2) is 59.5 Å². The molecule has 1 aliphatic rings. The van der Waals surface area contributed by atoms with E-state index in [2.05, 4.69) is 4.72 Å². The number of hydrogen-bond acceptors (Lipinski definition) is 3. The Morgan fingerprint density at radius 1 is 1.00 bits per heavy atom. The SMILES string of the molecule is CCN1C(=O)c2cccc3c(S(=O)(=O)Nc4ccccc4C(F)(F)F)ccc1c23. The van der Waals surface area contributed by atoms with Crippen LogP contribution in [0.25, 0.3) is 10.8 Å². The predicted molar refractivity (Wildman–Crippen MR) is 104 cm³/mol. The number of benzene rings is 3. The Labute approximate surface area is 164 Å². The van der Waals surface area contributed by atoms with Gasteiger partial charge in [0, 0.05) is 22.9 Å². The van der Waals surface area contributed by atoms with Gasteiger partial charge in [0.2, 0.25) is 0 Å². The molecular weight excluding hydrogens is 405 g/mol. The minimum absolute atomic E-state index is 0.194. The van der Waals surface area contributed by atoms with Crippen LogP contribution in [-0.2, 0) is 16.2 Å². The summed E-state index contributed by atoms with van der Waals surface area (Å²) in [4.78, 5) is 13.9. The van der Waals surface area contributed by atoms with E-state index in [0.717, 1.165) is 12.1 Å². The van der Waals surface area contributed by atoms with Crippen molar-refractivity contribution in [3.8, 4) is 0 Å². The van der Waals surface area contributed by atoms with Crippen LogP contribution >= 0.6 is 0 Å². The van der Waals surface area contributed by atoms with Crippen molar-refractivity contribution in [2.24, 2.45) is 0 Å². The lowest BCUT2D eigenvalue weighted by atomic mass is 10.1. The van der Waals surface area contributed by atoms with Gasteiger partial charge in [-0.1, -0.05) is 24.3 Å². The molecule has 150 valence electrons. The molecule has 29 heavy (non-hydrogen) atoms. The number of halogens is 3. The standard InChI is InChI=1S/C20H15F3N2O3S/c1-2-25-16-10-11-17(12-6-5-7-13(18(12)16)19(25)26)29(27,28)24-15-9-4-3-8-14(15)20(21,22)23/h3-11,24H,2H2,1H3. The summed E-state index contributed by atoms with van der Waals surface area (Å²) >= 11 is 0. The molecule has 0 fully saturated rings. The molecule has 0 bridgehead atoms. The molecule has 5 nitrogen and oxygen atoms in total. The second-order valence-corrected chi connectivity index (χ2v) is 8.16. The molecule has 0 spiro atoms. The topological polar surface area (TPSA) is 66.5 Å². The Morgan fingerprint density at radius 2 is 1.72 bits per heavy atom. The minimum Gasteiger partial charge on any atom is -0.308 e. The third-order valence-corrected chi connectivity index (χ3v) is 6.25. The Kier molecular flexibility index (Phi) is 4.30. The Morgan fingerprint density at radius 3 is 2.41 bits per heavy atom. The van der Waals surface area contributed by atoms with Gasteiger partial charge >= 0.3 is 6.18 Å². The highest BCUT2D eigenvalue weighted by Gasteiger charge is 2.35. The third kappa shape index (κ3) is 3.02. The summed E-state index contributed by atoms with van der Waals surface area (Å²) in [5.41, 5.74) is -0.693. The predicted octanol–water partition coefficient (Wildman–Crippen LogP) is 4.64. The van der Waals surface area contributed by atoms with Gasteiger partial charge in [0.15, 0.2) is 0 Å². The van der Waals surface area contributed by atoms with Gasteiger partial charge in [-0.25, -0.2) is 8.42 Å². The molecule has 0 saturated carbocycles. The van der Waals surface area contributed by atoms with E-state index < -0.39 is 27.5 Å². The summed E-state index contributed by atoms with van der Waals surface area (Å²) in [7, 11) is -4.35. The van der Waals surface area contributed by atoms with E-state index in [1.807, 2.05) is 0 Å². The van der Waals surface area contributed by atoms with E-state index >= 15 is 0 Å². The Bertz CT molecular complexity index is 1250. The van der Waals surface area contributed by atoms with Crippen molar-refractivity contribution in [1.29, 1.82) is 0 Å². The number of para-hydroxylation sites is 1. The van der Waals surface area contributed by atoms with E-state index in [9.17, 15) is 26.4 Å². The third-order valence-electron chi connectivity index (χ3n) is 4.83. The number of carbonyl (C=O) groups excluding carboxylic acids is 1. The lowest BCUT2D eigenvalue weighted by molar-refractivity contribution is -0.136. The molecular formula is C20H15F3N2O3S. The average molecular weight is 420 g/mol. The largest absolute Gasteiger partial charge is 0.418 e. The van der Waals surface area contributed by atoms with Crippen molar-refractivity contribution in [1.82, 2.24) is 0 Å². The number of anilines is 2. The van der Waals surface area contributed by atoms with Gasteiger partial charge in [-0.3, -0.25) is 9.52 Å². The Balaban J connectivity index is 1.87. The number of rotatable bonds is 4. The normalized spacial score (nSPS) is 13.9. The second-order valence-electron chi connectivity index (χ2n) is 6.51. The minimum atomic E-state index is -4.71. The smallest absolute Gasteiger partial charge is 0.308 e. The van der Waals surface area contributed by atoms with Crippen LogP contribution in [0.2, 0.25) is 0 Å². The van der Waals surface area contributed by atoms with Crippen LogP contribution < -0.4 is 9.62 Å². The molecule has 4 rings (SSSR count). The van der Waals surface area contributed by atoms with Crippen molar-refractivity contribution in [3.63, 3.8) is 0 Å². The van der Waals surface area contributed by atoms with Crippen LogP contribution in [0.4, 0.5) is 24.5 Å². The number of nitrogens with zero attached hydrogens (tertiary/aromatic N) is 1. The maximum Gasteiger partial charge on any atom is 0.418 e. The van der Waals surface area contributed by atoms with Gasteiger partial charge in [-0.05, 0) is 37.3 Å². The van der Waals surface area contributed by atoms with E-state index in [0.29, 0.717) is 23.2 Å². The fourth-order valence-corrected chi connectivity index (χ4v) is 4.87. The lowest BCUT2D eigenvalue weighted by Gasteiger charge is -2.17. The van der Waals surface area contributed by atoms with Crippen LogP contribution in [-0.4, -0.2) is 20.9 Å². The zero-order valence-electron chi connectivity index (χ0n) is 15.1. The Hall–Kier alpha value is -3.07. The van der Waals surface area contributed by atoms with Crippen molar-refractivity contribution < 1.29 is 26.4 Å². The highest BCUT2D eigenvalue weighted by Crippen LogP contribution is 2.41. The number of hydrogen-bond donors (Lipinski definition) is 1. The van der Waals surface area contributed by atoms with Crippen LogP contribution in [0.1, 0.15) is 22.8 Å². The molecule has 0 unspecified atom stereocenters. The first kappa shape index (κ1) is 19.3. The molecule has 1 N–H and O–H groups in total. The molecule has 0 aromatic heterocycles. The zero-order valence-corrected chi connectivity index (χ0v) is 15.9. The van der Waals surface area contributed by atoms with Gasteiger partial charge in [0.05, 0.1) is 21.8 Å². The molecule has 1 aliphatic heterocycles. The first-order chi connectivity index (χ1) is 13.6. The number of nitrogens with one attached hydrogen (secondary N) is 1. The van der Waals surface area contributed by atoms with E-state index in [1.165, 1.54) is 29.2 Å². The summed E-state index contributed by atoms with van der Waals surface area (Å²) in [6.07, 6.45) is -4.71. The van der Waals surface area contributed by atoms with Gasteiger partial charge in [-0.2, -0.15) is 13.2 Å². The lowest BCUT2D eigenvalue weighted by Crippen LogP contribution is -2.25. The molecule has 3 aromatic rings. The fraction of sp³-hybridized carbons (Fsp3) is 0.150. The maximum absolute atomic E-state index is 13.2. The number of amides is 1.